The number of ether oxygens (including phenoxy) is 3. The number of allylic oxidation sites excluding steroid dienone is 3. The zero-order chi connectivity index (χ0) is 34.3. The van der Waals surface area contributed by atoms with Crippen LogP contribution >= 0.6 is 0 Å². The largest absolute Gasteiger partial charge is 0.481 e. The second-order valence-electron chi connectivity index (χ2n) is 13.7. The Morgan fingerprint density at radius 2 is 1.58 bits per heavy atom. The van der Waals surface area contributed by atoms with E-state index >= 15 is 0 Å². The Hall–Kier alpha value is -1.62. The van der Waals surface area contributed by atoms with Gasteiger partial charge in [0.25, 0.3) is 0 Å². The standard InChI is InChI=1S/C36H64O9/c1-10-11-28(17-22(2)16-23(3)18-32(44-8)35(40)33(45-9)20-26(6)36(41)42)29(37)14-12-24(4)34(39)25(5)19-27-13-15-30(38)31(21-27)43-7/h17,19,23-24,26-28,30-35,38-40H,10-16,18,20-21H2,1-9H3,(H,41,42). The first kappa shape index (κ1) is 41.4. The summed E-state index contributed by atoms with van der Waals surface area (Å²) < 4.78 is 16.4. The average Bonchev–Trinajstić information content (AvgIpc) is 3.00. The van der Waals surface area contributed by atoms with Crippen LogP contribution in [0.25, 0.3) is 0 Å². The van der Waals surface area contributed by atoms with Gasteiger partial charge in [0.2, 0.25) is 0 Å². The highest BCUT2D eigenvalue weighted by atomic mass is 16.5. The molecule has 9 heteroatoms. The molecule has 0 aromatic rings. The van der Waals surface area contributed by atoms with Crippen molar-refractivity contribution in [3.63, 3.8) is 0 Å². The summed E-state index contributed by atoms with van der Waals surface area (Å²) in [5, 5.41) is 41.3. The molecule has 11 unspecified atom stereocenters. The van der Waals surface area contributed by atoms with Crippen molar-refractivity contribution in [1.29, 1.82) is 0 Å². The smallest absolute Gasteiger partial charge is 0.306 e. The minimum atomic E-state index is -0.961. The van der Waals surface area contributed by atoms with Crippen LogP contribution in [0.4, 0.5) is 0 Å². The number of carbonyl (C=O) groups excluding carboxylic acids is 1. The number of hydrogen-bond acceptors (Lipinski definition) is 8. The molecule has 45 heavy (non-hydrogen) atoms. The fourth-order valence-corrected chi connectivity index (χ4v) is 6.71. The molecule has 9 nitrogen and oxygen atoms in total. The predicted octanol–water partition coefficient (Wildman–Crippen LogP) is 5.74. The van der Waals surface area contributed by atoms with E-state index in [4.69, 9.17) is 14.2 Å². The molecule has 11 atom stereocenters. The maximum absolute atomic E-state index is 13.3. The van der Waals surface area contributed by atoms with Crippen LogP contribution in [0.5, 0.6) is 0 Å². The Morgan fingerprint density at radius 1 is 0.956 bits per heavy atom. The molecule has 0 saturated heterocycles. The number of carboxylic acids is 1. The zero-order valence-corrected chi connectivity index (χ0v) is 29.4. The lowest BCUT2D eigenvalue weighted by atomic mass is 9.82. The molecule has 1 fully saturated rings. The Kier molecular flexibility index (Phi) is 19.6. The molecule has 1 saturated carbocycles. The summed E-state index contributed by atoms with van der Waals surface area (Å²) in [4.78, 5) is 24.6. The van der Waals surface area contributed by atoms with Gasteiger partial charge in [-0.1, -0.05) is 51.8 Å². The lowest BCUT2D eigenvalue weighted by Crippen LogP contribution is -2.42. The summed E-state index contributed by atoms with van der Waals surface area (Å²) >= 11 is 0. The van der Waals surface area contributed by atoms with E-state index in [1.54, 1.807) is 21.1 Å². The van der Waals surface area contributed by atoms with Crippen LogP contribution < -0.4 is 0 Å². The molecule has 4 N–H and O–H groups in total. The zero-order valence-electron chi connectivity index (χ0n) is 29.4. The molecule has 0 spiro atoms. The van der Waals surface area contributed by atoms with E-state index in [1.807, 2.05) is 20.8 Å². The maximum Gasteiger partial charge on any atom is 0.306 e. The van der Waals surface area contributed by atoms with Crippen molar-refractivity contribution in [2.45, 2.75) is 142 Å². The van der Waals surface area contributed by atoms with Crippen LogP contribution in [0.2, 0.25) is 0 Å². The summed E-state index contributed by atoms with van der Waals surface area (Å²) in [6.45, 7) is 11.7. The number of carboxylic acid groups (broad SMARTS) is 1. The fraction of sp³-hybridized carbons (Fsp3) is 0.833. The van der Waals surface area contributed by atoms with E-state index in [2.05, 4.69) is 26.0 Å². The lowest BCUT2D eigenvalue weighted by Gasteiger charge is -2.31. The van der Waals surface area contributed by atoms with E-state index in [1.165, 1.54) is 7.11 Å². The summed E-state index contributed by atoms with van der Waals surface area (Å²) in [6.07, 6.45) is 7.30. The quantitative estimate of drug-likeness (QED) is 0.109. The fourth-order valence-electron chi connectivity index (χ4n) is 6.71. The molecule has 1 aliphatic carbocycles. The third-order valence-corrected chi connectivity index (χ3v) is 9.63. The van der Waals surface area contributed by atoms with Gasteiger partial charge in [-0.25, -0.2) is 0 Å². The summed E-state index contributed by atoms with van der Waals surface area (Å²) in [5.41, 5.74) is 2.02. The van der Waals surface area contributed by atoms with Crippen LogP contribution in [0.3, 0.4) is 0 Å². The number of ketones is 1. The van der Waals surface area contributed by atoms with Crippen molar-refractivity contribution >= 4 is 11.8 Å². The molecule has 0 aliphatic heterocycles. The predicted molar refractivity (Wildman–Crippen MR) is 177 cm³/mol. The van der Waals surface area contributed by atoms with Crippen molar-refractivity contribution in [3.8, 4) is 0 Å². The second kappa shape index (κ2) is 21.3. The van der Waals surface area contributed by atoms with E-state index in [0.29, 0.717) is 25.7 Å². The van der Waals surface area contributed by atoms with Gasteiger partial charge in [0.05, 0.1) is 36.4 Å². The first-order valence-electron chi connectivity index (χ1n) is 16.9. The van der Waals surface area contributed by atoms with Crippen molar-refractivity contribution in [1.82, 2.24) is 0 Å². The highest BCUT2D eigenvalue weighted by molar-refractivity contribution is 5.82. The van der Waals surface area contributed by atoms with Gasteiger partial charge in [-0.2, -0.15) is 0 Å². The topological polar surface area (TPSA) is 143 Å². The van der Waals surface area contributed by atoms with E-state index in [-0.39, 0.29) is 42.0 Å². The summed E-state index contributed by atoms with van der Waals surface area (Å²) in [6, 6.07) is 0. The van der Waals surface area contributed by atoms with Crippen molar-refractivity contribution < 1.29 is 44.2 Å². The van der Waals surface area contributed by atoms with E-state index < -0.39 is 42.4 Å². The molecular weight excluding hydrogens is 576 g/mol. The number of methoxy groups -OCH3 is 3. The van der Waals surface area contributed by atoms with Crippen LogP contribution in [0, 0.1) is 29.6 Å². The Bertz CT molecular complexity index is 931. The molecule has 262 valence electrons. The normalized spacial score (nSPS) is 25.1. The minimum absolute atomic E-state index is 0.0585. The van der Waals surface area contributed by atoms with Gasteiger partial charge < -0.3 is 34.6 Å². The lowest BCUT2D eigenvalue weighted by molar-refractivity contribution is -0.145. The maximum atomic E-state index is 13.3. The molecule has 1 rings (SSSR count). The van der Waals surface area contributed by atoms with Gasteiger partial charge in [0.1, 0.15) is 11.9 Å². The first-order chi connectivity index (χ1) is 21.2. The van der Waals surface area contributed by atoms with Crippen LogP contribution in [0.1, 0.15) is 106 Å². The Morgan fingerprint density at radius 3 is 2.13 bits per heavy atom. The van der Waals surface area contributed by atoms with Crippen LogP contribution in [-0.2, 0) is 23.8 Å². The average molecular weight is 641 g/mol. The summed E-state index contributed by atoms with van der Waals surface area (Å²) in [5.74, 6) is -1.21. The monoisotopic (exact) mass is 640 g/mol. The van der Waals surface area contributed by atoms with Gasteiger partial charge >= 0.3 is 5.97 Å². The molecule has 0 aromatic heterocycles. The van der Waals surface area contributed by atoms with Crippen molar-refractivity contribution in [2.75, 3.05) is 21.3 Å². The van der Waals surface area contributed by atoms with Crippen molar-refractivity contribution in [2.24, 2.45) is 29.6 Å². The Balaban J connectivity index is 2.75. The molecule has 1 aliphatic rings. The van der Waals surface area contributed by atoms with Gasteiger partial charge in [0.15, 0.2) is 0 Å². The highest BCUT2D eigenvalue weighted by Crippen LogP contribution is 2.30. The summed E-state index contributed by atoms with van der Waals surface area (Å²) in [7, 11) is 4.63. The SMILES string of the molecule is CCCC(C=C(C)CC(C)CC(OC)C(O)C(CC(C)C(=O)O)OC)C(=O)CCC(C)C(O)C(C)=CC1CCC(O)C(OC)C1. The Labute approximate surface area is 272 Å². The molecule has 0 bridgehead atoms. The van der Waals surface area contributed by atoms with E-state index in [9.17, 15) is 30.0 Å². The number of aliphatic carboxylic acids is 1. The highest BCUT2D eigenvalue weighted by Gasteiger charge is 2.32. The number of Topliss-reactive ketones (excluding diaryl/α,β-unsaturated/α-hetero) is 1. The molecule has 0 amide bonds. The molecular formula is C36H64O9. The van der Waals surface area contributed by atoms with Crippen LogP contribution in [-0.4, -0.2) is 90.1 Å². The number of aliphatic hydroxyl groups is 3. The third-order valence-electron chi connectivity index (χ3n) is 9.63. The molecule has 0 radical (unpaired) electrons. The first-order valence-corrected chi connectivity index (χ1v) is 16.9. The van der Waals surface area contributed by atoms with Crippen LogP contribution in [0.15, 0.2) is 23.3 Å². The number of hydrogen-bond donors (Lipinski definition) is 4. The van der Waals surface area contributed by atoms with E-state index in [0.717, 1.165) is 43.3 Å². The number of rotatable bonds is 22. The third kappa shape index (κ3) is 14.4. The van der Waals surface area contributed by atoms with Crippen molar-refractivity contribution in [3.05, 3.63) is 23.3 Å². The van der Waals surface area contributed by atoms with Gasteiger partial charge in [0, 0.05) is 33.7 Å². The number of aliphatic hydroxyl groups excluding tert-OH is 3. The van der Waals surface area contributed by atoms with Gasteiger partial charge in [-0.3, -0.25) is 9.59 Å². The molecule has 0 heterocycles. The second-order valence-corrected chi connectivity index (χ2v) is 13.7. The number of carbonyl (C=O) groups is 2. The minimum Gasteiger partial charge on any atom is -0.481 e. The van der Waals surface area contributed by atoms with Gasteiger partial charge in [-0.15, -0.1) is 0 Å². The van der Waals surface area contributed by atoms with Gasteiger partial charge in [-0.05, 0) is 88.5 Å². The molecule has 0 aromatic carbocycles.